The summed E-state index contributed by atoms with van der Waals surface area (Å²) in [6.45, 7) is 4.81. The minimum absolute atomic E-state index is 0.104. The Morgan fingerprint density at radius 1 is 1.17 bits per heavy atom. The lowest BCUT2D eigenvalue weighted by molar-refractivity contribution is 0.149. The minimum atomic E-state index is -2.85. The van der Waals surface area contributed by atoms with Crippen LogP contribution in [-0.4, -0.2) is 26.5 Å². The van der Waals surface area contributed by atoms with E-state index in [1.165, 1.54) is 19.3 Å². The zero-order valence-electron chi connectivity index (χ0n) is 12.0. The third-order valence-electron chi connectivity index (χ3n) is 4.63. The van der Waals surface area contributed by atoms with Gasteiger partial charge in [-0.15, -0.1) is 0 Å². The van der Waals surface area contributed by atoms with Crippen LogP contribution in [-0.2, 0) is 9.84 Å². The quantitative estimate of drug-likeness (QED) is 0.777. The van der Waals surface area contributed by atoms with Crippen molar-refractivity contribution in [1.29, 1.82) is 0 Å². The van der Waals surface area contributed by atoms with E-state index in [1.807, 2.05) is 6.92 Å². The van der Waals surface area contributed by atoms with E-state index in [1.54, 1.807) is 0 Å². The van der Waals surface area contributed by atoms with Crippen LogP contribution in [0.5, 0.6) is 0 Å². The van der Waals surface area contributed by atoms with E-state index in [-0.39, 0.29) is 5.41 Å². The highest BCUT2D eigenvalue weighted by molar-refractivity contribution is 7.91. The highest BCUT2D eigenvalue weighted by atomic mass is 32.2. The van der Waals surface area contributed by atoms with Crippen LogP contribution >= 0.6 is 0 Å². The van der Waals surface area contributed by atoms with Crippen LogP contribution in [0.25, 0.3) is 0 Å². The van der Waals surface area contributed by atoms with Crippen molar-refractivity contribution >= 4 is 9.84 Å². The van der Waals surface area contributed by atoms with Crippen LogP contribution in [0.1, 0.15) is 58.8 Å². The van der Waals surface area contributed by atoms with Crippen molar-refractivity contribution in [2.75, 3.05) is 18.1 Å². The second kappa shape index (κ2) is 6.90. The fourth-order valence-electron chi connectivity index (χ4n) is 3.04. The Morgan fingerprint density at radius 2 is 1.78 bits per heavy atom. The lowest BCUT2D eigenvalue weighted by Gasteiger charge is -2.39. The van der Waals surface area contributed by atoms with Crippen molar-refractivity contribution in [2.24, 2.45) is 17.1 Å². The standard InChI is InChI=1S/C14H29NO2S/c1-3-10-18(16,17)11-9-14(12-15)7-5-13(4-2)6-8-14/h13H,3-12,15H2,1-2H3. The third-order valence-corrected chi connectivity index (χ3v) is 6.49. The maximum Gasteiger partial charge on any atom is 0.150 e. The van der Waals surface area contributed by atoms with Crippen molar-refractivity contribution < 1.29 is 8.42 Å². The summed E-state index contributed by atoms with van der Waals surface area (Å²) in [7, 11) is -2.85. The second-order valence-corrected chi connectivity index (χ2v) is 8.26. The van der Waals surface area contributed by atoms with Crippen molar-refractivity contribution in [2.45, 2.75) is 58.8 Å². The largest absolute Gasteiger partial charge is 0.330 e. The Kier molecular flexibility index (Phi) is 6.12. The Hall–Kier alpha value is -0.0900. The van der Waals surface area contributed by atoms with Crippen LogP contribution in [0.3, 0.4) is 0 Å². The van der Waals surface area contributed by atoms with E-state index < -0.39 is 9.84 Å². The van der Waals surface area contributed by atoms with Gasteiger partial charge in [0.05, 0.1) is 5.75 Å². The van der Waals surface area contributed by atoms with Gasteiger partial charge >= 0.3 is 0 Å². The highest BCUT2D eigenvalue weighted by Gasteiger charge is 2.34. The van der Waals surface area contributed by atoms with Gasteiger partial charge in [0, 0.05) is 5.75 Å². The van der Waals surface area contributed by atoms with Crippen LogP contribution < -0.4 is 5.73 Å². The summed E-state index contributed by atoms with van der Waals surface area (Å²) in [5, 5.41) is 0. The van der Waals surface area contributed by atoms with Gasteiger partial charge in [-0.1, -0.05) is 20.3 Å². The highest BCUT2D eigenvalue weighted by Crippen LogP contribution is 2.42. The maximum atomic E-state index is 11.8. The van der Waals surface area contributed by atoms with Gasteiger partial charge in [0.15, 0.2) is 0 Å². The van der Waals surface area contributed by atoms with E-state index >= 15 is 0 Å². The molecule has 0 aromatic heterocycles. The molecule has 0 amide bonds. The summed E-state index contributed by atoms with van der Waals surface area (Å²) in [6.07, 6.45) is 7.41. The zero-order valence-corrected chi connectivity index (χ0v) is 12.8. The maximum absolute atomic E-state index is 11.8. The van der Waals surface area contributed by atoms with Crippen LogP contribution in [0.2, 0.25) is 0 Å². The summed E-state index contributed by atoms with van der Waals surface area (Å²) >= 11 is 0. The average Bonchev–Trinajstić information content (AvgIpc) is 2.37. The molecule has 0 atom stereocenters. The topological polar surface area (TPSA) is 60.2 Å². The molecule has 0 aromatic rings. The summed E-state index contributed by atoms with van der Waals surface area (Å²) in [5.41, 5.74) is 6.04. The van der Waals surface area contributed by atoms with Crippen molar-refractivity contribution in [1.82, 2.24) is 0 Å². The molecule has 0 spiro atoms. The Labute approximate surface area is 112 Å². The second-order valence-electron chi connectivity index (χ2n) is 5.96. The molecule has 1 fully saturated rings. The Bertz CT molecular complexity index is 330. The van der Waals surface area contributed by atoms with Crippen LogP contribution in [0, 0.1) is 11.3 Å². The molecule has 0 aromatic carbocycles. The molecule has 0 heterocycles. The molecule has 0 aliphatic heterocycles. The molecule has 18 heavy (non-hydrogen) atoms. The molecule has 0 radical (unpaired) electrons. The third kappa shape index (κ3) is 4.54. The van der Waals surface area contributed by atoms with Gasteiger partial charge in [-0.25, -0.2) is 8.42 Å². The lowest BCUT2D eigenvalue weighted by Crippen LogP contribution is -2.36. The molecule has 1 aliphatic rings. The molecule has 4 heteroatoms. The van der Waals surface area contributed by atoms with Crippen LogP contribution in [0.4, 0.5) is 0 Å². The Balaban J connectivity index is 2.52. The van der Waals surface area contributed by atoms with Crippen molar-refractivity contribution in [3.05, 3.63) is 0 Å². The van der Waals surface area contributed by atoms with Gasteiger partial charge in [-0.2, -0.15) is 0 Å². The van der Waals surface area contributed by atoms with Gasteiger partial charge in [-0.3, -0.25) is 0 Å². The normalized spacial score (nSPS) is 29.4. The molecule has 0 saturated heterocycles. The van der Waals surface area contributed by atoms with Crippen molar-refractivity contribution in [3.8, 4) is 0 Å². The summed E-state index contributed by atoms with van der Waals surface area (Å²) in [4.78, 5) is 0. The molecule has 1 rings (SSSR count). The van der Waals surface area contributed by atoms with E-state index in [4.69, 9.17) is 5.73 Å². The van der Waals surface area contributed by atoms with Gasteiger partial charge in [0.1, 0.15) is 9.84 Å². The summed E-state index contributed by atoms with van der Waals surface area (Å²) in [5.74, 6) is 1.48. The van der Waals surface area contributed by atoms with Gasteiger partial charge in [0.25, 0.3) is 0 Å². The molecule has 1 aliphatic carbocycles. The molecule has 3 nitrogen and oxygen atoms in total. The van der Waals surface area contributed by atoms with Gasteiger partial charge < -0.3 is 5.73 Å². The zero-order chi connectivity index (χ0) is 13.6. The monoisotopic (exact) mass is 275 g/mol. The molecule has 108 valence electrons. The van der Waals surface area contributed by atoms with Gasteiger partial charge in [0.2, 0.25) is 0 Å². The fraction of sp³-hybridized carbons (Fsp3) is 1.00. The summed E-state index contributed by atoms with van der Waals surface area (Å²) < 4.78 is 23.6. The minimum Gasteiger partial charge on any atom is -0.330 e. The number of sulfone groups is 1. The molecular formula is C14H29NO2S. The number of rotatable bonds is 7. The predicted octanol–water partition coefficient (Wildman–Crippen LogP) is 2.75. The number of nitrogens with two attached hydrogens (primary N) is 1. The van der Waals surface area contributed by atoms with Gasteiger partial charge in [-0.05, 0) is 56.4 Å². The summed E-state index contributed by atoms with van der Waals surface area (Å²) in [6, 6.07) is 0. The number of hydrogen-bond donors (Lipinski definition) is 1. The van der Waals surface area contributed by atoms with E-state index in [0.717, 1.165) is 31.6 Å². The molecular weight excluding hydrogens is 246 g/mol. The molecule has 2 N–H and O–H groups in total. The first-order valence-corrected chi connectivity index (χ1v) is 9.19. The smallest absolute Gasteiger partial charge is 0.150 e. The Morgan fingerprint density at radius 3 is 2.22 bits per heavy atom. The average molecular weight is 275 g/mol. The lowest BCUT2D eigenvalue weighted by atomic mass is 9.68. The van der Waals surface area contributed by atoms with Crippen LogP contribution in [0.15, 0.2) is 0 Å². The van der Waals surface area contributed by atoms with E-state index in [2.05, 4.69) is 6.92 Å². The fourth-order valence-corrected chi connectivity index (χ4v) is 4.61. The van der Waals surface area contributed by atoms with E-state index in [9.17, 15) is 8.42 Å². The first-order chi connectivity index (χ1) is 8.47. The SMILES string of the molecule is CCCS(=O)(=O)CCC1(CN)CCC(CC)CC1. The van der Waals surface area contributed by atoms with Crippen molar-refractivity contribution in [3.63, 3.8) is 0 Å². The first-order valence-electron chi connectivity index (χ1n) is 7.37. The molecule has 0 bridgehead atoms. The number of hydrogen-bond acceptors (Lipinski definition) is 3. The first kappa shape index (κ1) is 16.0. The molecule has 1 saturated carbocycles. The predicted molar refractivity (Wildman–Crippen MR) is 77.3 cm³/mol. The molecule has 0 unspecified atom stereocenters. The van der Waals surface area contributed by atoms with E-state index in [0.29, 0.717) is 18.1 Å².